The molecule has 27 heavy (non-hydrogen) atoms. The Morgan fingerprint density at radius 2 is 2.00 bits per heavy atom. The number of likely N-dealkylation sites (tertiary alicyclic amines) is 1. The molecular formula is C22H25N3O2. The second-order valence-electron chi connectivity index (χ2n) is 6.98. The van der Waals surface area contributed by atoms with Crippen LogP contribution in [0.3, 0.4) is 0 Å². The van der Waals surface area contributed by atoms with Crippen LogP contribution in [0.1, 0.15) is 35.2 Å². The van der Waals surface area contributed by atoms with E-state index in [-0.39, 0.29) is 12.0 Å². The number of carbonyl (C=O) groups is 1. The molecule has 2 aromatic rings. The normalized spacial score (nSPS) is 17.3. The molecule has 0 spiro atoms. The third-order valence-electron chi connectivity index (χ3n) is 4.87. The van der Waals surface area contributed by atoms with Gasteiger partial charge in [0.25, 0.3) is 5.91 Å². The highest BCUT2D eigenvalue weighted by Gasteiger charge is 2.16. The monoisotopic (exact) mass is 363 g/mol. The van der Waals surface area contributed by atoms with E-state index in [0.717, 1.165) is 50.0 Å². The largest absolute Gasteiger partial charge is 0.392 e. The minimum atomic E-state index is -0.212. The maximum Gasteiger partial charge on any atom is 0.251 e. The zero-order chi connectivity index (χ0) is 19.1. The molecule has 1 aliphatic rings. The number of nitrogens with one attached hydrogen (secondary N) is 1. The van der Waals surface area contributed by atoms with Crippen LogP contribution in [-0.2, 0) is 0 Å². The zero-order valence-electron chi connectivity index (χ0n) is 15.4. The molecule has 1 heterocycles. The molecule has 140 valence electrons. The Bertz CT molecular complexity index is 828. The van der Waals surface area contributed by atoms with Crippen LogP contribution in [-0.4, -0.2) is 48.2 Å². The van der Waals surface area contributed by atoms with Gasteiger partial charge in [-0.05, 0) is 67.7 Å². The second-order valence-corrected chi connectivity index (χ2v) is 6.98. The summed E-state index contributed by atoms with van der Waals surface area (Å²) in [6.45, 7) is 3.25. The number of benzene rings is 2. The van der Waals surface area contributed by atoms with Crippen molar-refractivity contribution in [2.45, 2.75) is 25.4 Å². The molecular weight excluding hydrogens is 338 g/mol. The van der Waals surface area contributed by atoms with E-state index >= 15 is 0 Å². The summed E-state index contributed by atoms with van der Waals surface area (Å²) in [5.41, 5.74) is 3.06. The van der Waals surface area contributed by atoms with Gasteiger partial charge in [0.2, 0.25) is 0 Å². The van der Waals surface area contributed by atoms with Gasteiger partial charge in [0, 0.05) is 18.7 Å². The van der Waals surface area contributed by atoms with E-state index in [1.807, 2.05) is 36.4 Å². The fourth-order valence-corrected chi connectivity index (χ4v) is 3.45. The number of aliphatic hydroxyl groups is 1. The van der Waals surface area contributed by atoms with Crippen molar-refractivity contribution < 1.29 is 9.90 Å². The molecule has 1 unspecified atom stereocenters. The fraction of sp³-hybridized carbons (Fsp3) is 0.364. The minimum Gasteiger partial charge on any atom is -0.392 e. The topological polar surface area (TPSA) is 76.4 Å². The number of rotatable bonds is 6. The van der Waals surface area contributed by atoms with Crippen LogP contribution in [0.15, 0.2) is 48.5 Å². The van der Waals surface area contributed by atoms with Gasteiger partial charge < -0.3 is 15.3 Å². The van der Waals surface area contributed by atoms with Gasteiger partial charge in [0.1, 0.15) is 0 Å². The first-order chi connectivity index (χ1) is 13.2. The average molecular weight is 363 g/mol. The number of nitrogens with zero attached hydrogens (tertiary/aromatic N) is 2. The third kappa shape index (κ3) is 5.40. The molecule has 0 radical (unpaired) electrons. The molecule has 0 aliphatic carbocycles. The first-order valence-corrected chi connectivity index (χ1v) is 9.45. The van der Waals surface area contributed by atoms with E-state index in [0.29, 0.717) is 17.7 Å². The Morgan fingerprint density at radius 3 is 2.78 bits per heavy atom. The quantitative estimate of drug-likeness (QED) is 0.774. The van der Waals surface area contributed by atoms with Gasteiger partial charge in [-0.15, -0.1) is 0 Å². The molecule has 5 nitrogen and oxygen atoms in total. The molecule has 0 bridgehead atoms. The Kier molecular flexibility index (Phi) is 6.59. The van der Waals surface area contributed by atoms with Gasteiger partial charge in [-0.1, -0.05) is 24.3 Å². The van der Waals surface area contributed by atoms with Crippen LogP contribution in [0, 0.1) is 11.3 Å². The molecule has 1 saturated heterocycles. The highest BCUT2D eigenvalue weighted by Crippen LogP contribution is 2.21. The highest BCUT2D eigenvalue weighted by molar-refractivity contribution is 5.95. The lowest BCUT2D eigenvalue weighted by atomic mass is 10.0. The van der Waals surface area contributed by atoms with Crippen LogP contribution in [0.5, 0.6) is 0 Å². The standard InChI is InChI=1S/C22H25N3O2/c23-15-17-5-1-6-18(13-17)19-7-2-8-20(14-19)22(27)24-10-4-12-25-11-3-9-21(26)16-25/h1-2,5-8,13-14,21,26H,3-4,9-12,16H2,(H,24,27). The van der Waals surface area contributed by atoms with E-state index in [2.05, 4.69) is 16.3 Å². The SMILES string of the molecule is N#Cc1cccc(-c2cccc(C(=O)NCCCN3CCCC(O)C3)c2)c1. The summed E-state index contributed by atoms with van der Waals surface area (Å²) in [4.78, 5) is 14.7. The predicted molar refractivity (Wildman–Crippen MR) is 105 cm³/mol. The molecule has 0 aromatic heterocycles. The van der Waals surface area contributed by atoms with E-state index in [1.54, 1.807) is 12.1 Å². The first kappa shape index (κ1) is 19.1. The number of piperidine rings is 1. The molecule has 0 saturated carbocycles. The highest BCUT2D eigenvalue weighted by atomic mass is 16.3. The summed E-state index contributed by atoms with van der Waals surface area (Å²) >= 11 is 0. The summed E-state index contributed by atoms with van der Waals surface area (Å²) in [5.74, 6) is -0.0908. The van der Waals surface area contributed by atoms with Crippen LogP contribution in [0.25, 0.3) is 11.1 Å². The molecule has 2 N–H and O–H groups in total. The average Bonchev–Trinajstić information content (AvgIpc) is 2.71. The van der Waals surface area contributed by atoms with Crippen molar-refractivity contribution in [1.29, 1.82) is 5.26 Å². The lowest BCUT2D eigenvalue weighted by molar-refractivity contribution is 0.0697. The van der Waals surface area contributed by atoms with Crippen LogP contribution < -0.4 is 5.32 Å². The van der Waals surface area contributed by atoms with Gasteiger partial charge in [-0.3, -0.25) is 4.79 Å². The second kappa shape index (κ2) is 9.31. The molecule has 1 amide bonds. The van der Waals surface area contributed by atoms with E-state index in [9.17, 15) is 9.90 Å². The van der Waals surface area contributed by atoms with Gasteiger partial charge in [-0.2, -0.15) is 5.26 Å². The van der Waals surface area contributed by atoms with Crippen molar-refractivity contribution in [2.75, 3.05) is 26.2 Å². The first-order valence-electron chi connectivity index (χ1n) is 9.45. The van der Waals surface area contributed by atoms with Crippen molar-refractivity contribution in [3.63, 3.8) is 0 Å². The predicted octanol–water partition coefficient (Wildman–Crippen LogP) is 2.80. The number of carbonyl (C=O) groups excluding carboxylic acids is 1. The lowest BCUT2D eigenvalue weighted by Crippen LogP contribution is -2.39. The van der Waals surface area contributed by atoms with E-state index in [1.165, 1.54) is 0 Å². The van der Waals surface area contributed by atoms with Crippen molar-refractivity contribution in [3.05, 3.63) is 59.7 Å². The summed E-state index contributed by atoms with van der Waals surface area (Å²) < 4.78 is 0. The summed E-state index contributed by atoms with van der Waals surface area (Å²) in [5, 5.41) is 21.7. The van der Waals surface area contributed by atoms with E-state index < -0.39 is 0 Å². The zero-order valence-corrected chi connectivity index (χ0v) is 15.4. The van der Waals surface area contributed by atoms with Crippen LogP contribution >= 0.6 is 0 Å². The van der Waals surface area contributed by atoms with E-state index in [4.69, 9.17) is 5.26 Å². The Hall–Kier alpha value is -2.68. The van der Waals surface area contributed by atoms with Gasteiger partial charge in [0.05, 0.1) is 17.7 Å². The number of β-amino-alcohol motifs (C(OH)–C–C–N with tert-alkyl or cyclic N) is 1. The molecule has 3 rings (SSSR count). The number of nitriles is 1. The smallest absolute Gasteiger partial charge is 0.251 e. The number of hydrogen-bond donors (Lipinski definition) is 2. The summed E-state index contributed by atoms with van der Waals surface area (Å²) in [7, 11) is 0. The van der Waals surface area contributed by atoms with Gasteiger partial charge in [0.15, 0.2) is 0 Å². The van der Waals surface area contributed by atoms with Crippen LogP contribution in [0.2, 0.25) is 0 Å². The number of aliphatic hydroxyl groups excluding tert-OH is 1. The van der Waals surface area contributed by atoms with Gasteiger partial charge >= 0.3 is 0 Å². The minimum absolute atomic E-state index is 0.0908. The Morgan fingerprint density at radius 1 is 1.22 bits per heavy atom. The molecule has 1 fully saturated rings. The van der Waals surface area contributed by atoms with Gasteiger partial charge in [-0.25, -0.2) is 0 Å². The summed E-state index contributed by atoms with van der Waals surface area (Å²) in [6.07, 6.45) is 2.58. The van der Waals surface area contributed by atoms with Crippen molar-refractivity contribution in [1.82, 2.24) is 10.2 Å². The number of amides is 1. The van der Waals surface area contributed by atoms with Crippen LogP contribution in [0.4, 0.5) is 0 Å². The maximum atomic E-state index is 12.4. The van der Waals surface area contributed by atoms with Crippen molar-refractivity contribution >= 4 is 5.91 Å². The summed E-state index contributed by atoms with van der Waals surface area (Å²) in [6, 6.07) is 17.0. The Labute approximate surface area is 160 Å². The fourth-order valence-electron chi connectivity index (χ4n) is 3.45. The third-order valence-corrected chi connectivity index (χ3v) is 4.87. The maximum absolute atomic E-state index is 12.4. The molecule has 2 aromatic carbocycles. The molecule has 1 atom stereocenters. The lowest BCUT2D eigenvalue weighted by Gasteiger charge is -2.29. The van der Waals surface area contributed by atoms with Crippen molar-refractivity contribution in [3.8, 4) is 17.2 Å². The Balaban J connectivity index is 1.53. The molecule has 5 heteroatoms. The van der Waals surface area contributed by atoms with Crippen molar-refractivity contribution in [2.24, 2.45) is 0 Å². The molecule has 1 aliphatic heterocycles. The number of hydrogen-bond acceptors (Lipinski definition) is 4.